The van der Waals surface area contributed by atoms with Crippen LogP contribution in [0.15, 0.2) is 4.52 Å². The van der Waals surface area contributed by atoms with Gasteiger partial charge in [0.15, 0.2) is 5.82 Å². The first kappa shape index (κ1) is 16.9. The van der Waals surface area contributed by atoms with Gasteiger partial charge in [0.25, 0.3) is 0 Å². The maximum atomic E-state index is 12.4. The number of aromatic nitrogens is 2. The zero-order valence-corrected chi connectivity index (χ0v) is 14.5. The molecule has 1 aliphatic heterocycles. The lowest BCUT2D eigenvalue weighted by Crippen LogP contribution is -2.53. The first-order chi connectivity index (χ1) is 10.1. The summed E-state index contributed by atoms with van der Waals surface area (Å²) >= 11 is 0. The van der Waals surface area contributed by atoms with Crippen molar-refractivity contribution in [3.8, 4) is 0 Å². The van der Waals surface area contributed by atoms with Crippen molar-refractivity contribution in [3.05, 3.63) is 11.7 Å². The highest BCUT2D eigenvalue weighted by Crippen LogP contribution is 2.22. The fraction of sp³-hybridized carbons (Fsp3) is 0.812. The Morgan fingerprint density at radius 2 is 2.09 bits per heavy atom. The molecule has 0 spiro atoms. The molecule has 0 saturated carbocycles. The Morgan fingerprint density at radius 3 is 2.64 bits per heavy atom. The molecule has 1 saturated heterocycles. The van der Waals surface area contributed by atoms with Crippen molar-refractivity contribution in [2.75, 3.05) is 13.1 Å². The summed E-state index contributed by atoms with van der Waals surface area (Å²) in [6, 6.07) is 0. The van der Waals surface area contributed by atoms with Crippen LogP contribution < -0.4 is 0 Å². The number of carbonyl (C=O) groups is 1. The highest BCUT2D eigenvalue weighted by molar-refractivity contribution is 5.76. The van der Waals surface area contributed by atoms with E-state index in [0.29, 0.717) is 37.6 Å². The normalized spacial score (nSPS) is 21.9. The fourth-order valence-corrected chi connectivity index (χ4v) is 2.68. The van der Waals surface area contributed by atoms with Gasteiger partial charge in [-0.05, 0) is 20.8 Å². The Kier molecular flexibility index (Phi) is 4.61. The monoisotopic (exact) mass is 309 g/mol. The van der Waals surface area contributed by atoms with E-state index in [1.54, 1.807) is 0 Å². The number of carbonyl (C=O) groups excluding carboxylic acids is 1. The van der Waals surface area contributed by atoms with Gasteiger partial charge in [0.1, 0.15) is 0 Å². The van der Waals surface area contributed by atoms with Crippen molar-refractivity contribution in [1.29, 1.82) is 0 Å². The molecule has 0 aliphatic carbocycles. The molecule has 1 unspecified atom stereocenters. The minimum absolute atomic E-state index is 0.0589. The van der Waals surface area contributed by atoms with Gasteiger partial charge >= 0.3 is 0 Å². The maximum absolute atomic E-state index is 12.4. The van der Waals surface area contributed by atoms with Gasteiger partial charge in [0.05, 0.1) is 11.7 Å². The molecule has 6 heteroatoms. The molecule has 1 atom stereocenters. The second-order valence-corrected chi connectivity index (χ2v) is 7.72. The largest absolute Gasteiger partial charge is 0.369 e. The Balaban J connectivity index is 1.91. The molecule has 2 heterocycles. The topological polar surface area (TPSA) is 68.5 Å². The molecule has 2 rings (SSSR count). The molecule has 1 aliphatic rings. The fourth-order valence-electron chi connectivity index (χ4n) is 2.68. The lowest BCUT2D eigenvalue weighted by Gasteiger charge is -2.41. The van der Waals surface area contributed by atoms with Gasteiger partial charge in [0.2, 0.25) is 11.8 Å². The van der Waals surface area contributed by atoms with Crippen molar-refractivity contribution >= 4 is 5.91 Å². The minimum Gasteiger partial charge on any atom is -0.369 e. The Bertz CT molecular complexity index is 531. The second-order valence-electron chi connectivity index (χ2n) is 7.72. The summed E-state index contributed by atoms with van der Waals surface area (Å²) in [5.74, 6) is 1.31. The van der Waals surface area contributed by atoms with E-state index in [-0.39, 0.29) is 23.0 Å². The van der Waals surface area contributed by atoms with E-state index in [1.807, 2.05) is 46.4 Å². The zero-order chi connectivity index (χ0) is 16.5. The van der Waals surface area contributed by atoms with Crippen LogP contribution in [0.2, 0.25) is 0 Å². The predicted molar refractivity (Wildman–Crippen MR) is 82.5 cm³/mol. The Labute approximate surface area is 132 Å². The van der Waals surface area contributed by atoms with Crippen LogP contribution in [-0.2, 0) is 21.4 Å². The number of rotatable bonds is 3. The van der Waals surface area contributed by atoms with Crippen LogP contribution in [0.4, 0.5) is 0 Å². The molecule has 1 amide bonds. The van der Waals surface area contributed by atoms with E-state index in [2.05, 4.69) is 10.1 Å². The van der Waals surface area contributed by atoms with Crippen molar-refractivity contribution in [2.24, 2.45) is 0 Å². The minimum atomic E-state index is -0.294. The van der Waals surface area contributed by atoms with Crippen LogP contribution in [0.25, 0.3) is 0 Å². The molecular weight excluding hydrogens is 282 g/mol. The first-order valence-corrected chi connectivity index (χ1v) is 7.85. The highest BCUT2D eigenvalue weighted by Gasteiger charge is 2.33. The summed E-state index contributed by atoms with van der Waals surface area (Å²) in [4.78, 5) is 18.6. The Morgan fingerprint density at radius 1 is 1.41 bits per heavy atom. The molecule has 1 aromatic heterocycles. The second kappa shape index (κ2) is 5.99. The average molecular weight is 309 g/mol. The molecule has 1 fully saturated rings. The van der Waals surface area contributed by atoms with Crippen molar-refractivity contribution < 1.29 is 14.1 Å². The number of amides is 1. The van der Waals surface area contributed by atoms with Crippen molar-refractivity contribution in [3.63, 3.8) is 0 Å². The Hall–Kier alpha value is -1.43. The molecule has 0 radical (unpaired) electrons. The van der Waals surface area contributed by atoms with E-state index < -0.39 is 0 Å². The molecule has 0 N–H and O–H groups in total. The number of hydrogen-bond acceptors (Lipinski definition) is 5. The van der Waals surface area contributed by atoms with Gasteiger partial charge < -0.3 is 14.2 Å². The predicted octanol–water partition coefficient (Wildman–Crippen LogP) is 2.33. The first-order valence-electron chi connectivity index (χ1n) is 7.85. The summed E-state index contributed by atoms with van der Waals surface area (Å²) < 4.78 is 11.1. The van der Waals surface area contributed by atoms with E-state index >= 15 is 0 Å². The summed E-state index contributed by atoms with van der Waals surface area (Å²) in [5.41, 5.74) is -0.438. The standard InChI is InChI=1S/C16H27N3O3/c1-11-9-19(10-16(5,6)21-11)13(20)8-7-12-17-14(18-22-12)15(2,3)4/h11H,7-10H2,1-6H3. The summed E-state index contributed by atoms with van der Waals surface area (Å²) in [6.45, 7) is 13.4. The van der Waals surface area contributed by atoms with Gasteiger partial charge in [-0.3, -0.25) is 4.79 Å². The number of nitrogens with zero attached hydrogens (tertiary/aromatic N) is 3. The zero-order valence-electron chi connectivity index (χ0n) is 14.5. The van der Waals surface area contributed by atoms with Crippen LogP contribution >= 0.6 is 0 Å². The molecule has 6 nitrogen and oxygen atoms in total. The third-order valence-electron chi connectivity index (χ3n) is 3.61. The number of ether oxygens (including phenoxy) is 1. The summed E-state index contributed by atoms with van der Waals surface area (Å²) in [7, 11) is 0. The van der Waals surface area contributed by atoms with E-state index in [1.165, 1.54) is 0 Å². The van der Waals surface area contributed by atoms with E-state index in [0.717, 1.165) is 0 Å². The molecule has 124 valence electrons. The van der Waals surface area contributed by atoms with Gasteiger partial charge in [-0.25, -0.2) is 0 Å². The number of aryl methyl sites for hydroxylation is 1. The lowest BCUT2D eigenvalue weighted by atomic mass is 9.96. The molecular formula is C16H27N3O3. The van der Waals surface area contributed by atoms with Gasteiger partial charge in [-0.1, -0.05) is 25.9 Å². The summed E-state index contributed by atoms with van der Waals surface area (Å²) in [5, 5.41) is 3.98. The smallest absolute Gasteiger partial charge is 0.227 e. The van der Waals surface area contributed by atoms with Crippen molar-refractivity contribution in [1.82, 2.24) is 15.0 Å². The van der Waals surface area contributed by atoms with Crippen LogP contribution in [-0.4, -0.2) is 45.7 Å². The van der Waals surface area contributed by atoms with Crippen LogP contribution in [0.3, 0.4) is 0 Å². The van der Waals surface area contributed by atoms with Crippen molar-refractivity contribution in [2.45, 2.75) is 71.5 Å². The number of hydrogen-bond donors (Lipinski definition) is 0. The SMILES string of the molecule is CC1CN(C(=O)CCc2nc(C(C)(C)C)no2)CC(C)(C)O1. The third-order valence-corrected chi connectivity index (χ3v) is 3.61. The van der Waals surface area contributed by atoms with Crippen LogP contribution in [0, 0.1) is 0 Å². The van der Waals surface area contributed by atoms with E-state index in [4.69, 9.17) is 9.26 Å². The van der Waals surface area contributed by atoms with Gasteiger partial charge in [0, 0.05) is 31.3 Å². The third kappa shape index (κ3) is 4.29. The molecule has 0 aromatic carbocycles. The quantitative estimate of drug-likeness (QED) is 0.857. The number of morpholine rings is 1. The highest BCUT2D eigenvalue weighted by atomic mass is 16.5. The molecule has 0 bridgehead atoms. The van der Waals surface area contributed by atoms with Crippen LogP contribution in [0.5, 0.6) is 0 Å². The van der Waals surface area contributed by atoms with Gasteiger partial charge in [-0.2, -0.15) is 4.98 Å². The average Bonchev–Trinajstić information content (AvgIpc) is 2.82. The lowest BCUT2D eigenvalue weighted by molar-refractivity contribution is -0.158. The molecule has 1 aromatic rings. The summed E-state index contributed by atoms with van der Waals surface area (Å²) in [6.07, 6.45) is 0.923. The van der Waals surface area contributed by atoms with E-state index in [9.17, 15) is 4.79 Å². The van der Waals surface area contributed by atoms with Gasteiger partial charge in [-0.15, -0.1) is 0 Å². The maximum Gasteiger partial charge on any atom is 0.227 e. The molecule has 22 heavy (non-hydrogen) atoms. The van der Waals surface area contributed by atoms with Crippen LogP contribution in [0.1, 0.15) is 59.7 Å².